The molecular weight excluding hydrogens is 641 g/mol. The van der Waals surface area contributed by atoms with Gasteiger partial charge in [-0.3, -0.25) is 0 Å². The maximum atomic E-state index is 2.41. The lowest BCUT2D eigenvalue weighted by Gasteiger charge is -2.18. The van der Waals surface area contributed by atoms with E-state index in [1.54, 1.807) is 0 Å². The van der Waals surface area contributed by atoms with Gasteiger partial charge >= 0.3 is 0 Å². The van der Waals surface area contributed by atoms with Crippen molar-refractivity contribution >= 4 is 95.3 Å². The van der Waals surface area contributed by atoms with E-state index >= 15 is 0 Å². The number of rotatable bonds is 3. The average Bonchev–Trinajstić information content (AvgIpc) is 3.76. The largest absolute Gasteiger partial charge is 0.135 e. The first-order chi connectivity index (χ1) is 24.8. The van der Waals surface area contributed by atoms with Crippen molar-refractivity contribution in [2.45, 2.75) is 0 Å². The molecule has 2 aromatic heterocycles. The van der Waals surface area contributed by atoms with Gasteiger partial charge in [-0.25, -0.2) is 0 Å². The van der Waals surface area contributed by atoms with Gasteiger partial charge in [-0.2, -0.15) is 0 Å². The van der Waals surface area contributed by atoms with Crippen LogP contribution in [0.4, 0.5) is 0 Å². The van der Waals surface area contributed by atoms with E-state index in [-0.39, 0.29) is 0 Å². The highest BCUT2D eigenvalue weighted by molar-refractivity contribution is 7.28. The molecule has 232 valence electrons. The van der Waals surface area contributed by atoms with Crippen molar-refractivity contribution in [3.8, 4) is 33.4 Å². The maximum absolute atomic E-state index is 2.41. The number of benzene rings is 9. The van der Waals surface area contributed by atoms with E-state index in [1.165, 1.54) is 106 Å². The van der Waals surface area contributed by atoms with Crippen LogP contribution in [-0.2, 0) is 0 Å². The van der Waals surface area contributed by atoms with Gasteiger partial charge in [0, 0.05) is 45.7 Å². The van der Waals surface area contributed by atoms with E-state index in [4.69, 9.17) is 0 Å². The first kappa shape index (κ1) is 28.1. The molecule has 50 heavy (non-hydrogen) atoms. The molecule has 0 unspecified atom stereocenters. The van der Waals surface area contributed by atoms with Crippen LogP contribution >= 0.6 is 22.7 Å². The summed E-state index contributed by atoms with van der Waals surface area (Å²) in [6, 6.07) is 62.9. The fourth-order valence-electron chi connectivity index (χ4n) is 8.22. The zero-order chi connectivity index (χ0) is 32.8. The van der Waals surface area contributed by atoms with Crippen LogP contribution in [-0.4, -0.2) is 0 Å². The summed E-state index contributed by atoms with van der Waals surface area (Å²) in [5.74, 6) is 0. The van der Waals surface area contributed by atoms with Gasteiger partial charge in [-0.15, -0.1) is 22.7 Å². The second kappa shape index (κ2) is 10.9. The standard InChI is InChI=1S/C48H28S2/c1-2-10-31(11-3-1)44-34-12-4-6-14-36(34)45(37-15-7-5-13-35(37)44)32-21-18-29(19-22-32)33-23-20-30-24-25-39-47-43(50-48(39)40(30)28-33)27-26-42-46(47)38-16-8-9-17-41(38)49-42/h1-28H. The van der Waals surface area contributed by atoms with Crippen LogP contribution in [0, 0.1) is 0 Å². The first-order valence-electron chi connectivity index (χ1n) is 17.1. The topological polar surface area (TPSA) is 0 Å². The molecule has 2 heterocycles. The van der Waals surface area contributed by atoms with Crippen molar-refractivity contribution in [1.29, 1.82) is 0 Å². The van der Waals surface area contributed by atoms with E-state index in [0.717, 1.165) is 0 Å². The summed E-state index contributed by atoms with van der Waals surface area (Å²) in [6.45, 7) is 0. The molecule has 0 saturated heterocycles. The van der Waals surface area contributed by atoms with Gasteiger partial charge in [0.05, 0.1) is 0 Å². The molecule has 0 amide bonds. The van der Waals surface area contributed by atoms with E-state index in [2.05, 4.69) is 170 Å². The Hall–Kier alpha value is -5.80. The minimum Gasteiger partial charge on any atom is -0.135 e. The van der Waals surface area contributed by atoms with Crippen molar-refractivity contribution in [2.75, 3.05) is 0 Å². The average molecular weight is 669 g/mol. The summed E-state index contributed by atoms with van der Waals surface area (Å²) in [7, 11) is 0. The second-order valence-electron chi connectivity index (χ2n) is 13.2. The molecule has 2 heteroatoms. The zero-order valence-corrected chi connectivity index (χ0v) is 28.6. The Labute approximate surface area is 297 Å². The van der Waals surface area contributed by atoms with Crippen molar-refractivity contribution in [3.05, 3.63) is 170 Å². The summed E-state index contributed by atoms with van der Waals surface area (Å²) in [6.07, 6.45) is 0. The Morgan fingerprint density at radius 3 is 1.46 bits per heavy atom. The van der Waals surface area contributed by atoms with Crippen LogP contribution in [0.5, 0.6) is 0 Å². The van der Waals surface area contributed by atoms with Gasteiger partial charge in [0.1, 0.15) is 0 Å². The molecule has 0 spiro atoms. The molecule has 0 fully saturated rings. The summed E-state index contributed by atoms with van der Waals surface area (Å²) < 4.78 is 5.45. The van der Waals surface area contributed by atoms with Crippen molar-refractivity contribution in [1.82, 2.24) is 0 Å². The molecule has 0 aliphatic heterocycles. The fraction of sp³-hybridized carbons (Fsp3) is 0. The monoisotopic (exact) mass is 668 g/mol. The lowest BCUT2D eigenvalue weighted by Crippen LogP contribution is -1.90. The third-order valence-corrected chi connectivity index (χ3v) is 12.8. The van der Waals surface area contributed by atoms with Crippen LogP contribution in [0.2, 0.25) is 0 Å². The van der Waals surface area contributed by atoms with Crippen LogP contribution < -0.4 is 0 Å². The molecule has 0 saturated carbocycles. The molecule has 0 N–H and O–H groups in total. The first-order valence-corrected chi connectivity index (χ1v) is 18.7. The number of hydrogen-bond donors (Lipinski definition) is 0. The van der Waals surface area contributed by atoms with Crippen LogP contribution in [0.3, 0.4) is 0 Å². The van der Waals surface area contributed by atoms with Gasteiger partial charge in [0.25, 0.3) is 0 Å². The van der Waals surface area contributed by atoms with Crippen LogP contribution in [0.1, 0.15) is 0 Å². The number of fused-ring (bicyclic) bond motifs is 11. The normalized spacial score (nSPS) is 12.0. The Kier molecular flexibility index (Phi) is 6.09. The Morgan fingerprint density at radius 1 is 0.280 bits per heavy atom. The molecule has 11 rings (SSSR count). The summed E-state index contributed by atoms with van der Waals surface area (Å²) in [5.41, 5.74) is 7.55. The lowest BCUT2D eigenvalue weighted by molar-refractivity contribution is 1.63. The van der Waals surface area contributed by atoms with E-state index in [1.807, 2.05) is 22.7 Å². The van der Waals surface area contributed by atoms with Gasteiger partial charge in [-0.1, -0.05) is 146 Å². The Bertz CT molecular complexity index is 3070. The summed E-state index contributed by atoms with van der Waals surface area (Å²) in [4.78, 5) is 0. The third kappa shape index (κ3) is 4.10. The van der Waals surface area contributed by atoms with Gasteiger partial charge in [0.2, 0.25) is 0 Å². The molecule has 0 aliphatic rings. The highest BCUT2D eigenvalue weighted by atomic mass is 32.1. The molecule has 0 nitrogen and oxygen atoms in total. The maximum Gasteiger partial charge on any atom is 0.0434 e. The third-order valence-electron chi connectivity index (χ3n) is 10.5. The SMILES string of the molecule is c1ccc(-c2c3ccccc3c(-c3ccc(-c4ccc5ccc6c(sc7ccc8sc9ccccc9c8c76)c5c4)cc3)c3ccccc23)cc1. The van der Waals surface area contributed by atoms with Crippen molar-refractivity contribution in [2.24, 2.45) is 0 Å². The van der Waals surface area contributed by atoms with Gasteiger partial charge < -0.3 is 0 Å². The summed E-state index contributed by atoms with van der Waals surface area (Å²) >= 11 is 3.82. The van der Waals surface area contributed by atoms with Crippen LogP contribution in [0.25, 0.3) is 106 Å². The lowest BCUT2D eigenvalue weighted by atomic mass is 9.85. The minimum atomic E-state index is 1.23. The van der Waals surface area contributed by atoms with Gasteiger partial charge in [-0.05, 0) is 84.6 Å². The van der Waals surface area contributed by atoms with E-state index in [0.29, 0.717) is 0 Å². The van der Waals surface area contributed by atoms with Crippen LogP contribution in [0.15, 0.2) is 170 Å². The second-order valence-corrected chi connectivity index (χ2v) is 15.3. The Balaban J connectivity index is 1.07. The molecule has 9 aromatic carbocycles. The minimum absolute atomic E-state index is 1.23. The quantitative estimate of drug-likeness (QED) is 0.164. The van der Waals surface area contributed by atoms with E-state index < -0.39 is 0 Å². The molecule has 0 atom stereocenters. The molecule has 0 radical (unpaired) electrons. The predicted molar refractivity (Wildman–Crippen MR) is 221 cm³/mol. The zero-order valence-electron chi connectivity index (χ0n) is 27.0. The molecular formula is C48H28S2. The van der Waals surface area contributed by atoms with Crippen molar-refractivity contribution in [3.63, 3.8) is 0 Å². The highest BCUT2D eigenvalue weighted by Crippen LogP contribution is 2.47. The fourth-order valence-corrected chi connectivity index (χ4v) is 10.6. The Morgan fingerprint density at radius 2 is 0.780 bits per heavy atom. The highest BCUT2D eigenvalue weighted by Gasteiger charge is 2.18. The number of thiophene rings is 2. The smallest absolute Gasteiger partial charge is 0.0434 e. The molecule has 0 bridgehead atoms. The predicted octanol–water partition coefficient (Wildman–Crippen LogP) is 14.9. The molecule has 0 aliphatic carbocycles. The van der Waals surface area contributed by atoms with Crippen molar-refractivity contribution < 1.29 is 0 Å². The molecule has 11 aromatic rings. The van der Waals surface area contributed by atoms with Gasteiger partial charge in [0.15, 0.2) is 0 Å². The van der Waals surface area contributed by atoms with E-state index in [9.17, 15) is 0 Å². The number of hydrogen-bond acceptors (Lipinski definition) is 2. The summed E-state index contributed by atoms with van der Waals surface area (Å²) in [5, 5.41) is 13.3.